The SMILES string of the molecule is COc1ccccc1OCC(=O)N/N=C\c1cccc(Oc2ccccc2)c1. The summed E-state index contributed by atoms with van der Waals surface area (Å²) in [6.45, 7) is -0.172. The van der Waals surface area contributed by atoms with Crippen molar-refractivity contribution >= 4 is 12.1 Å². The number of methoxy groups -OCH3 is 1. The van der Waals surface area contributed by atoms with Gasteiger partial charge in [0.2, 0.25) is 0 Å². The van der Waals surface area contributed by atoms with Crippen molar-refractivity contribution < 1.29 is 19.0 Å². The molecule has 0 bridgehead atoms. The molecule has 1 amide bonds. The summed E-state index contributed by atoms with van der Waals surface area (Å²) in [6.07, 6.45) is 1.54. The summed E-state index contributed by atoms with van der Waals surface area (Å²) >= 11 is 0. The van der Waals surface area contributed by atoms with Gasteiger partial charge >= 0.3 is 0 Å². The van der Waals surface area contributed by atoms with Gasteiger partial charge in [0.05, 0.1) is 13.3 Å². The van der Waals surface area contributed by atoms with Gasteiger partial charge in [-0.15, -0.1) is 0 Å². The molecule has 142 valence electrons. The molecule has 0 aliphatic carbocycles. The lowest BCUT2D eigenvalue weighted by Crippen LogP contribution is -2.24. The summed E-state index contributed by atoms with van der Waals surface area (Å²) in [5, 5.41) is 3.95. The molecule has 0 radical (unpaired) electrons. The molecule has 0 spiro atoms. The highest BCUT2D eigenvalue weighted by Crippen LogP contribution is 2.25. The lowest BCUT2D eigenvalue weighted by molar-refractivity contribution is -0.123. The van der Waals surface area contributed by atoms with Gasteiger partial charge in [0, 0.05) is 0 Å². The van der Waals surface area contributed by atoms with Crippen molar-refractivity contribution in [2.24, 2.45) is 5.10 Å². The van der Waals surface area contributed by atoms with Crippen LogP contribution in [0.2, 0.25) is 0 Å². The lowest BCUT2D eigenvalue weighted by Gasteiger charge is -2.09. The monoisotopic (exact) mass is 376 g/mol. The van der Waals surface area contributed by atoms with Crippen LogP contribution in [0.4, 0.5) is 0 Å². The van der Waals surface area contributed by atoms with Crippen LogP contribution in [0.5, 0.6) is 23.0 Å². The molecule has 0 saturated carbocycles. The first-order chi connectivity index (χ1) is 13.7. The van der Waals surface area contributed by atoms with E-state index in [0.717, 1.165) is 11.3 Å². The van der Waals surface area contributed by atoms with Crippen molar-refractivity contribution in [2.75, 3.05) is 13.7 Å². The number of rotatable bonds is 8. The van der Waals surface area contributed by atoms with Crippen molar-refractivity contribution in [1.29, 1.82) is 0 Å². The number of ether oxygens (including phenoxy) is 3. The Hall–Kier alpha value is -3.80. The zero-order valence-corrected chi connectivity index (χ0v) is 15.4. The zero-order valence-electron chi connectivity index (χ0n) is 15.4. The number of para-hydroxylation sites is 3. The van der Waals surface area contributed by atoms with Crippen LogP contribution in [0.25, 0.3) is 0 Å². The van der Waals surface area contributed by atoms with Gasteiger partial charge in [-0.3, -0.25) is 4.79 Å². The Kier molecular flexibility index (Phi) is 6.62. The van der Waals surface area contributed by atoms with E-state index >= 15 is 0 Å². The molecule has 0 aliphatic heterocycles. The Morgan fingerprint density at radius 1 is 0.929 bits per heavy atom. The maximum Gasteiger partial charge on any atom is 0.277 e. The molecule has 3 aromatic rings. The predicted octanol–water partition coefficient (Wildman–Crippen LogP) is 4.02. The second-order valence-corrected chi connectivity index (χ2v) is 5.72. The summed E-state index contributed by atoms with van der Waals surface area (Å²) in [5.41, 5.74) is 3.22. The van der Waals surface area contributed by atoms with Crippen LogP contribution >= 0.6 is 0 Å². The molecule has 0 saturated heterocycles. The smallest absolute Gasteiger partial charge is 0.277 e. The van der Waals surface area contributed by atoms with Gasteiger partial charge in [-0.2, -0.15) is 5.10 Å². The first-order valence-electron chi connectivity index (χ1n) is 8.65. The standard InChI is InChI=1S/C22H20N2O4/c1-26-20-12-5-6-13-21(20)27-16-22(25)24-23-15-17-8-7-11-19(14-17)28-18-9-3-2-4-10-18/h2-15H,16H2,1H3,(H,24,25)/b23-15-. The number of amides is 1. The third-order valence-corrected chi connectivity index (χ3v) is 3.67. The molecule has 6 nitrogen and oxygen atoms in total. The topological polar surface area (TPSA) is 69.2 Å². The van der Waals surface area contributed by atoms with Crippen LogP contribution in [-0.4, -0.2) is 25.8 Å². The number of hydrogen-bond acceptors (Lipinski definition) is 5. The van der Waals surface area contributed by atoms with Crippen LogP contribution in [0.1, 0.15) is 5.56 Å². The van der Waals surface area contributed by atoms with Crippen LogP contribution in [-0.2, 0) is 4.79 Å². The second kappa shape index (κ2) is 9.78. The fourth-order valence-corrected chi connectivity index (χ4v) is 2.38. The number of carbonyl (C=O) groups is 1. The quantitative estimate of drug-likeness (QED) is 0.476. The average molecular weight is 376 g/mol. The van der Waals surface area contributed by atoms with E-state index in [0.29, 0.717) is 17.2 Å². The molecule has 28 heavy (non-hydrogen) atoms. The molecule has 0 fully saturated rings. The summed E-state index contributed by atoms with van der Waals surface area (Å²) in [6, 6.07) is 24.0. The van der Waals surface area contributed by atoms with Crippen LogP contribution in [0.15, 0.2) is 84.0 Å². The molecule has 6 heteroatoms. The summed E-state index contributed by atoms with van der Waals surface area (Å²) in [7, 11) is 1.54. The number of nitrogens with one attached hydrogen (secondary N) is 1. The van der Waals surface area contributed by atoms with Gasteiger partial charge in [-0.25, -0.2) is 5.43 Å². The molecule has 1 N–H and O–H groups in total. The largest absolute Gasteiger partial charge is 0.493 e. The van der Waals surface area contributed by atoms with Gasteiger partial charge in [0.15, 0.2) is 18.1 Å². The highest BCUT2D eigenvalue weighted by Gasteiger charge is 2.06. The van der Waals surface area contributed by atoms with Crippen LogP contribution in [0, 0.1) is 0 Å². The first kappa shape index (κ1) is 19.0. The van der Waals surface area contributed by atoms with E-state index in [2.05, 4.69) is 10.5 Å². The van der Waals surface area contributed by atoms with E-state index in [1.807, 2.05) is 60.7 Å². The fraction of sp³-hybridized carbons (Fsp3) is 0.0909. The minimum absolute atomic E-state index is 0.172. The molecular weight excluding hydrogens is 356 g/mol. The summed E-state index contributed by atoms with van der Waals surface area (Å²) in [4.78, 5) is 11.9. The molecule has 3 aromatic carbocycles. The maximum absolute atomic E-state index is 11.9. The Labute approximate surface area is 163 Å². The molecule has 0 unspecified atom stereocenters. The second-order valence-electron chi connectivity index (χ2n) is 5.72. The van der Waals surface area contributed by atoms with Crippen molar-refractivity contribution in [2.45, 2.75) is 0 Å². The molecular formula is C22H20N2O4. The van der Waals surface area contributed by atoms with E-state index in [-0.39, 0.29) is 12.5 Å². The van der Waals surface area contributed by atoms with Crippen molar-refractivity contribution in [3.05, 3.63) is 84.4 Å². The number of hydrogen-bond donors (Lipinski definition) is 1. The third-order valence-electron chi connectivity index (χ3n) is 3.67. The van der Waals surface area contributed by atoms with Gasteiger partial charge in [0.1, 0.15) is 11.5 Å². The Morgan fingerprint density at radius 3 is 2.43 bits per heavy atom. The normalized spacial score (nSPS) is 10.5. The highest BCUT2D eigenvalue weighted by molar-refractivity contribution is 5.83. The van der Waals surface area contributed by atoms with Crippen molar-refractivity contribution in [3.8, 4) is 23.0 Å². The molecule has 0 aliphatic rings. The average Bonchev–Trinajstić information content (AvgIpc) is 2.73. The first-order valence-corrected chi connectivity index (χ1v) is 8.65. The third kappa shape index (κ3) is 5.60. The van der Waals surface area contributed by atoms with Crippen LogP contribution in [0.3, 0.4) is 0 Å². The Morgan fingerprint density at radius 2 is 1.64 bits per heavy atom. The molecule has 0 aromatic heterocycles. The van der Waals surface area contributed by atoms with E-state index in [9.17, 15) is 4.79 Å². The molecule has 0 atom stereocenters. The van der Waals surface area contributed by atoms with Crippen molar-refractivity contribution in [3.63, 3.8) is 0 Å². The maximum atomic E-state index is 11.9. The lowest BCUT2D eigenvalue weighted by atomic mass is 10.2. The predicted molar refractivity (Wildman–Crippen MR) is 107 cm³/mol. The zero-order chi connectivity index (χ0) is 19.6. The Bertz CT molecular complexity index is 942. The molecule has 3 rings (SSSR count). The number of carbonyl (C=O) groups excluding carboxylic acids is 1. The number of benzene rings is 3. The molecule has 0 heterocycles. The Balaban J connectivity index is 1.51. The summed E-state index contributed by atoms with van der Waals surface area (Å²) < 4.78 is 16.4. The van der Waals surface area contributed by atoms with E-state index in [4.69, 9.17) is 14.2 Å². The van der Waals surface area contributed by atoms with Gasteiger partial charge in [-0.1, -0.05) is 42.5 Å². The van der Waals surface area contributed by atoms with Gasteiger partial charge in [0.25, 0.3) is 5.91 Å². The number of hydrazone groups is 1. The fourth-order valence-electron chi connectivity index (χ4n) is 2.38. The highest BCUT2D eigenvalue weighted by atomic mass is 16.5. The minimum atomic E-state index is -0.376. The van der Waals surface area contributed by atoms with E-state index in [1.165, 1.54) is 0 Å². The van der Waals surface area contributed by atoms with E-state index in [1.54, 1.807) is 31.5 Å². The van der Waals surface area contributed by atoms with Crippen LogP contribution < -0.4 is 19.6 Å². The van der Waals surface area contributed by atoms with Gasteiger partial charge < -0.3 is 14.2 Å². The minimum Gasteiger partial charge on any atom is -0.493 e. The van der Waals surface area contributed by atoms with Gasteiger partial charge in [-0.05, 0) is 42.0 Å². The van der Waals surface area contributed by atoms with E-state index < -0.39 is 0 Å². The number of nitrogens with zero attached hydrogens (tertiary/aromatic N) is 1. The van der Waals surface area contributed by atoms with Crippen molar-refractivity contribution in [1.82, 2.24) is 5.43 Å². The summed E-state index contributed by atoms with van der Waals surface area (Å²) in [5.74, 6) is 2.11.